The summed E-state index contributed by atoms with van der Waals surface area (Å²) in [6.07, 6.45) is 5.04. The molecule has 1 aliphatic heterocycles. The highest BCUT2D eigenvalue weighted by molar-refractivity contribution is 4.79. The van der Waals surface area contributed by atoms with Gasteiger partial charge in [-0.25, -0.2) is 0 Å². The fourth-order valence-electron chi connectivity index (χ4n) is 2.85. The van der Waals surface area contributed by atoms with Crippen molar-refractivity contribution < 1.29 is 9.47 Å². The lowest BCUT2D eigenvalue weighted by Crippen LogP contribution is -2.42. The maximum Gasteiger partial charge on any atom is 0.0700 e. The normalized spacial score (nSPS) is 19.4. The second kappa shape index (κ2) is 11.5. The highest BCUT2D eigenvalue weighted by Crippen LogP contribution is 2.20. The SMILES string of the molecule is CCCNC(C)C1CCN(CCCOCCOC)CC1. The summed E-state index contributed by atoms with van der Waals surface area (Å²) in [6.45, 7) is 11.7. The van der Waals surface area contributed by atoms with E-state index in [0.29, 0.717) is 12.6 Å². The molecule has 0 aromatic rings. The summed E-state index contributed by atoms with van der Waals surface area (Å²) >= 11 is 0. The van der Waals surface area contributed by atoms with Crippen LogP contribution in [-0.2, 0) is 9.47 Å². The summed E-state index contributed by atoms with van der Waals surface area (Å²) in [6, 6.07) is 0.675. The highest BCUT2D eigenvalue weighted by atomic mass is 16.5. The number of piperidine rings is 1. The van der Waals surface area contributed by atoms with Gasteiger partial charge in [0.2, 0.25) is 0 Å². The minimum atomic E-state index is 0.675. The second-order valence-corrected chi connectivity index (χ2v) is 5.88. The van der Waals surface area contributed by atoms with E-state index in [0.717, 1.165) is 32.1 Å². The third kappa shape index (κ3) is 7.58. The van der Waals surface area contributed by atoms with Crippen LogP contribution in [0.3, 0.4) is 0 Å². The van der Waals surface area contributed by atoms with Crippen molar-refractivity contribution in [2.24, 2.45) is 5.92 Å². The van der Waals surface area contributed by atoms with Gasteiger partial charge in [0.25, 0.3) is 0 Å². The molecule has 0 saturated carbocycles. The van der Waals surface area contributed by atoms with Crippen molar-refractivity contribution in [2.45, 2.75) is 45.6 Å². The molecular weight excluding hydrogens is 252 g/mol. The van der Waals surface area contributed by atoms with Gasteiger partial charge in [0, 0.05) is 26.3 Å². The number of nitrogens with zero attached hydrogens (tertiary/aromatic N) is 1. The lowest BCUT2D eigenvalue weighted by atomic mass is 9.90. The molecule has 4 heteroatoms. The van der Waals surface area contributed by atoms with Gasteiger partial charge in [-0.1, -0.05) is 6.92 Å². The minimum absolute atomic E-state index is 0.675. The van der Waals surface area contributed by atoms with Crippen LogP contribution >= 0.6 is 0 Å². The van der Waals surface area contributed by atoms with E-state index < -0.39 is 0 Å². The van der Waals surface area contributed by atoms with E-state index in [4.69, 9.17) is 9.47 Å². The van der Waals surface area contributed by atoms with Crippen LogP contribution in [0.4, 0.5) is 0 Å². The zero-order valence-electron chi connectivity index (χ0n) is 13.7. The van der Waals surface area contributed by atoms with E-state index in [1.54, 1.807) is 7.11 Å². The van der Waals surface area contributed by atoms with Crippen molar-refractivity contribution in [3.63, 3.8) is 0 Å². The van der Waals surface area contributed by atoms with Crippen molar-refractivity contribution in [2.75, 3.05) is 53.1 Å². The molecule has 0 aromatic heterocycles. The Morgan fingerprint density at radius 3 is 2.60 bits per heavy atom. The Morgan fingerprint density at radius 1 is 1.20 bits per heavy atom. The Kier molecular flexibility index (Phi) is 10.3. The zero-order valence-corrected chi connectivity index (χ0v) is 13.7. The number of rotatable bonds is 11. The van der Waals surface area contributed by atoms with E-state index in [2.05, 4.69) is 24.1 Å². The molecule has 4 nitrogen and oxygen atoms in total. The largest absolute Gasteiger partial charge is 0.382 e. The van der Waals surface area contributed by atoms with Crippen LogP contribution < -0.4 is 5.32 Å². The van der Waals surface area contributed by atoms with Crippen LogP contribution in [0.5, 0.6) is 0 Å². The average Bonchev–Trinajstić information content (AvgIpc) is 2.49. The molecule has 0 bridgehead atoms. The van der Waals surface area contributed by atoms with Gasteiger partial charge in [0.15, 0.2) is 0 Å². The van der Waals surface area contributed by atoms with Crippen molar-refractivity contribution in [3.05, 3.63) is 0 Å². The average molecular weight is 286 g/mol. The predicted octanol–water partition coefficient (Wildman–Crippen LogP) is 2.14. The number of ether oxygens (including phenoxy) is 2. The lowest BCUT2D eigenvalue weighted by molar-refractivity contribution is 0.0624. The van der Waals surface area contributed by atoms with Crippen LogP contribution in [0, 0.1) is 5.92 Å². The number of hydrogen-bond acceptors (Lipinski definition) is 4. The van der Waals surface area contributed by atoms with Crippen molar-refractivity contribution in [3.8, 4) is 0 Å². The Balaban J connectivity index is 2.01. The number of methoxy groups -OCH3 is 1. The van der Waals surface area contributed by atoms with Gasteiger partial charge in [-0.3, -0.25) is 0 Å². The van der Waals surface area contributed by atoms with E-state index in [1.165, 1.54) is 38.9 Å². The van der Waals surface area contributed by atoms with E-state index >= 15 is 0 Å². The first-order chi connectivity index (χ1) is 9.77. The summed E-state index contributed by atoms with van der Waals surface area (Å²) in [4.78, 5) is 2.59. The van der Waals surface area contributed by atoms with Crippen LogP contribution in [0.2, 0.25) is 0 Å². The first-order valence-electron chi connectivity index (χ1n) is 8.30. The van der Waals surface area contributed by atoms with Crippen LogP contribution in [0.25, 0.3) is 0 Å². The van der Waals surface area contributed by atoms with Gasteiger partial charge in [0.05, 0.1) is 13.2 Å². The monoisotopic (exact) mass is 286 g/mol. The molecule has 0 aliphatic carbocycles. The molecule has 1 saturated heterocycles. The van der Waals surface area contributed by atoms with Crippen LogP contribution in [0.1, 0.15) is 39.5 Å². The van der Waals surface area contributed by atoms with Gasteiger partial charge in [-0.2, -0.15) is 0 Å². The number of hydrogen-bond donors (Lipinski definition) is 1. The maximum atomic E-state index is 5.51. The molecular formula is C16H34N2O2. The second-order valence-electron chi connectivity index (χ2n) is 5.88. The molecule has 120 valence electrons. The smallest absolute Gasteiger partial charge is 0.0700 e. The molecule has 1 aliphatic rings. The molecule has 0 spiro atoms. The fraction of sp³-hybridized carbons (Fsp3) is 1.00. The summed E-state index contributed by atoms with van der Waals surface area (Å²) in [7, 11) is 1.71. The predicted molar refractivity (Wildman–Crippen MR) is 84.2 cm³/mol. The molecule has 1 N–H and O–H groups in total. The summed E-state index contributed by atoms with van der Waals surface area (Å²) in [5.74, 6) is 0.857. The molecule has 1 fully saturated rings. The van der Waals surface area contributed by atoms with Gasteiger partial charge < -0.3 is 19.7 Å². The maximum absolute atomic E-state index is 5.51. The summed E-state index contributed by atoms with van der Waals surface area (Å²) in [5, 5.41) is 3.64. The zero-order chi connectivity index (χ0) is 14.6. The number of nitrogens with one attached hydrogen (secondary N) is 1. The van der Waals surface area contributed by atoms with Gasteiger partial charge in [-0.15, -0.1) is 0 Å². The molecule has 1 atom stereocenters. The molecule has 0 aromatic carbocycles. The Labute approximate surface area is 125 Å². The molecule has 0 radical (unpaired) electrons. The topological polar surface area (TPSA) is 33.7 Å². The third-order valence-electron chi connectivity index (χ3n) is 4.25. The minimum Gasteiger partial charge on any atom is -0.382 e. The Morgan fingerprint density at radius 2 is 1.95 bits per heavy atom. The molecule has 1 unspecified atom stereocenters. The van der Waals surface area contributed by atoms with E-state index in [1.807, 2.05) is 0 Å². The highest BCUT2D eigenvalue weighted by Gasteiger charge is 2.22. The van der Waals surface area contributed by atoms with Crippen molar-refractivity contribution in [1.29, 1.82) is 0 Å². The van der Waals surface area contributed by atoms with Gasteiger partial charge in [0.1, 0.15) is 0 Å². The van der Waals surface area contributed by atoms with Gasteiger partial charge >= 0.3 is 0 Å². The third-order valence-corrected chi connectivity index (χ3v) is 4.25. The lowest BCUT2D eigenvalue weighted by Gasteiger charge is -2.35. The van der Waals surface area contributed by atoms with Crippen LogP contribution in [0.15, 0.2) is 0 Å². The molecule has 1 heterocycles. The Bertz CT molecular complexity index is 219. The standard InChI is InChI=1S/C16H34N2O2/c1-4-8-17-15(2)16-6-10-18(11-7-16)9-5-12-20-14-13-19-3/h15-17H,4-14H2,1-3H3. The van der Waals surface area contributed by atoms with E-state index in [-0.39, 0.29) is 0 Å². The number of likely N-dealkylation sites (tertiary alicyclic amines) is 1. The van der Waals surface area contributed by atoms with Crippen molar-refractivity contribution >= 4 is 0 Å². The Hall–Kier alpha value is -0.160. The molecule has 20 heavy (non-hydrogen) atoms. The molecule has 1 rings (SSSR count). The first-order valence-corrected chi connectivity index (χ1v) is 8.30. The van der Waals surface area contributed by atoms with Gasteiger partial charge in [-0.05, 0) is 58.2 Å². The summed E-state index contributed by atoms with van der Waals surface area (Å²) < 4.78 is 10.5. The van der Waals surface area contributed by atoms with E-state index in [9.17, 15) is 0 Å². The summed E-state index contributed by atoms with van der Waals surface area (Å²) in [5.41, 5.74) is 0. The fourth-order valence-corrected chi connectivity index (χ4v) is 2.85. The van der Waals surface area contributed by atoms with Crippen LogP contribution in [-0.4, -0.2) is 64.1 Å². The first kappa shape index (κ1) is 17.9. The quantitative estimate of drug-likeness (QED) is 0.590. The van der Waals surface area contributed by atoms with Crippen molar-refractivity contribution in [1.82, 2.24) is 10.2 Å². The molecule has 0 amide bonds.